The molecule has 0 spiro atoms. The number of halogens is 2. The van der Waals surface area contributed by atoms with Crippen molar-refractivity contribution >= 4 is 23.2 Å². The van der Waals surface area contributed by atoms with Crippen molar-refractivity contribution in [2.24, 2.45) is 5.92 Å². The van der Waals surface area contributed by atoms with Gasteiger partial charge in [-0.3, -0.25) is 9.59 Å². The zero-order valence-electron chi connectivity index (χ0n) is 17.5. The number of nitrogens with zero attached hydrogens (tertiary/aromatic N) is 2. The Hall–Kier alpha value is -3.55. The number of amides is 2. The van der Waals surface area contributed by atoms with E-state index in [1.807, 2.05) is 24.3 Å². The molecule has 0 bridgehead atoms. The first-order valence-corrected chi connectivity index (χ1v) is 10.7. The summed E-state index contributed by atoms with van der Waals surface area (Å²) < 4.78 is 28.1. The van der Waals surface area contributed by atoms with Crippen LogP contribution < -0.4 is 10.6 Å². The fraction of sp³-hybridized carbons (Fsp3) is 0.292. The molecule has 0 unspecified atom stereocenters. The van der Waals surface area contributed by atoms with Gasteiger partial charge in [0.25, 0.3) is 5.91 Å². The van der Waals surface area contributed by atoms with Gasteiger partial charge in [-0.2, -0.15) is 0 Å². The summed E-state index contributed by atoms with van der Waals surface area (Å²) in [6.45, 7) is 0.488. The van der Waals surface area contributed by atoms with Crippen molar-refractivity contribution in [3.05, 3.63) is 77.9 Å². The lowest BCUT2D eigenvalue weighted by atomic mass is 9.88. The Balaban J connectivity index is 1.33. The molecule has 1 saturated carbocycles. The number of aromatic nitrogens is 2. The van der Waals surface area contributed by atoms with Crippen LogP contribution in [0.5, 0.6) is 0 Å². The van der Waals surface area contributed by atoms with E-state index in [0.29, 0.717) is 6.54 Å². The van der Waals surface area contributed by atoms with Gasteiger partial charge >= 0.3 is 0 Å². The van der Waals surface area contributed by atoms with Crippen molar-refractivity contribution in [3.8, 4) is 0 Å². The number of imidazole rings is 1. The summed E-state index contributed by atoms with van der Waals surface area (Å²) in [5.41, 5.74) is 2.05. The minimum Gasteiger partial charge on any atom is -0.332 e. The average Bonchev–Trinajstić information content (AvgIpc) is 3.27. The van der Waals surface area contributed by atoms with Gasteiger partial charge in [0.05, 0.1) is 6.33 Å². The molecule has 166 valence electrons. The number of nitrogens with one attached hydrogen (secondary N) is 2. The van der Waals surface area contributed by atoms with Gasteiger partial charge in [0.1, 0.15) is 5.69 Å². The highest BCUT2D eigenvalue weighted by molar-refractivity contribution is 6.02. The molecule has 1 heterocycles. The second-order valence-corrected chi connectivity index (χ2v) is 8.04. The van der Waals surface area contributed by atoms with Gasteiger partial charge in [-0.15, -0.1) is 0 Å². The van der Waals surface area contributed by atoms with Gasteiger partial charge in [-0.05, 0) is 42.7 Å². The third-order valence-corrected chi connectivity index (χ3v) is 5.61. The smallest absolute Gasteiger partial charge is 0.275 e. The third kappa shape index (κ3) is 5.38. The molecule has 3 aromatic rings. The van der Waals surface area contributed by atoms with Crippen molar-refractivity contribution in [2.75, 3.05) is 10.6 Å². The maximum absolute atomic E-state index is 13.3. The highest BCUT2D eigenvalue weighted by Crippen LogP contribution is 2.25. The predicted molar refractivity (Wildman–Crippen MR) is 117 cm³/mol. The second kappa shape index (κ2) is 9.72. The quantitative estimate of drug-likeness (QED) is 0.570. The molecule has 8 heteroatoms. The summed E-state index contributed by atoms with van der Waals surface area (Å²) in [4.78, 5) is 28.8. The molecule has 6 nitrogen and oxygen atoms in total. The molecule has 2 N–H and O–H groups in total. The van der Waals surface area contributed by atoms with Gasteiger partial charge in [0.15, 0.2) is 11.6 Å². The Labute approximate surface area is 184 Å². The molecule has 1 fully saturated rings. The molecule has 0 saturated heterocycles. The lowest BCUT2D eigenvalue weighted by molar-refractivity contribution is -0.120. The number of carbonyl (C=O) groups is 2. The molecule has 1 aliphatic rings. The fourth-order valence-electron chi connectivity index (χ4n) is 3.85. The molecular formula is C24H24F2N4O2. The zero-order valence-corrected chi connectivity index (χ0v) is 17.5. The first kappa shape index (κ1) is 21.7. The van der Waals surface area contributed by atoms with E-state index in [4.69, 9.17) is 0 Å². The molecule has 2 aromatic carbocycles. The maximum atomic E-state index is 13.3. The van der Waals surface area contributed by atoms with Gasteiger partial charge in [-0.1, -0.05) is 31.4 Å². The molecule has 0 atom stereocenters. The van der Waals surface area contributed by atoms with E-state index < -0.39 is 17.5 Å². The van der Waals surface area contributed by atoms with Crippen molar-refractivity contribution in [3.63, 3.8) is 0 Å². The Morgan fingerprint density at radius 1 is 0.938 bits per heavy atom. The molecule has 0 aliphatic heterocycles. The third-order valence-electron chi connectivity index (χ3n) is 5.61. The van der Waals surface area contributed by atoms with E-state index in [-0.39, 0.29) is 23.2 Å². The lowest BCUT2D eigenvalue weighted by Crippen LogP contribution is -2.24. The van der Waals surface area contributed by atoms with E-state index in [1.54, 1.807) is 10.8 Å². The van der Waals surface area contributed by atoms with Gasteiger partial charge < -0.3 is 15.2 Å². The second-order valence-electron chi connectivity index (χ2n) is 8.04. The van der Waals surface area contributed by atoms with Crippen molar-refractivity contribution < 1.29 is 18.4 Å². The van der Waals surface area contributed by atoms with Crippen LogP contribution in [0.1, 0.15) is 48.2 Å². The van der Waals surface area contributed by atoms with Crippen molar-refractivity contribution in [1.29, 1.82) is 0 Å². The van der Waals surface area contributed by atoms with E-state index in [9.17, 15) is 18.4 Å². The fourth-order valence-corrected chi connectivity index (χ4v) is 3.85. The van der Waals surface area contributed by atoms with Crippen LogP contribution >= 0.6 is 0 Å². The summed E-state index contributed by atoms with van der Waals surface area (Å²) in [6, 6.07) is 10.7. The van der Waals surface area contributed by atoms with E-state index in [2.05, 4.69) is 15.6 Å². The van der Waals surface area contributed by atoms with Crippen LogP contribution in [0.3, 0.4) is 0 Å². The summed E-state index contributed by atoms with van der Waals surface area (Å²) in [5, 5.41) is 5.49. The first-order valence-electron chi connectivity index (χ1n) is 10.7. The molecule has 32 heavy (non-hydrogen) atoms. The SMILES string of the molecule is O=C(Nc1ccc(F)c(F)c1)c1cn(Cc2ccc(NC(=O)C3CCCCC3)cc2)cn1. The highest BCUT2D eigenvalue weighted by atomic mass is 19.2. The highest BCUT2D eigenvalue weighted by Gasteiger charge is 2.21. The van der Waals surface area contributed by atoms with Gasteiger partial charge in [0, 0.05) is 36.1 Å². The molecule has 0 radical (unpaired) electrons. The van der Waals surface area contributed by atoms with Crippen molar-refractivity contribution in [2.45, 2.75) is 38.6 Å². The topological polar surface area (TPSA) is 76.0 Å². The number of carbonyl (C=O) groups excluding carboxylic acids is 2. The Morgan fingerprint density at radius 3 is 2.38 bits per heavy atom. The van der Waals surface area contributed by atoms with Gasteiger partial charge in [0.2, 0.25) is 5.91 Å². The number of hydrogen-bond donors (Lipinski definition) is 2. The van der Waals surface area contributed by atoms with Crippen LogP contribution in [0, 0.1) is 17.6 Å². The predicted octanol–water partition coefficient (Wildman–Crippen LogP) is 4.98. The number of hydrogen-bond acceptors (Lipinski definition) is 3. The summed E-state index contributed by atoms with van der Waals surface area (Å²) in [5.74, 6) is -2.34. The Bertz CT molecular complexity index is 1110. The lowest BCUT2D eigenvalue weighted by Gasteiger charge is -2.20. The average molecular weight is 438 g/mol. The van der Waals surface area contributed by atoms with E-state index in [1.165, 1.54) is 18.8 Å². The van der Waals surface area contributed by atoms with Gasteiger partial charge in [-0.25, -0.2) is 13.8 Å². The van der Waals surface area contributed by atoms with E-state index in [0.717, 1.165) is 49.1 Å². The summed E-state index contributed by atoms with van der Waals surface area (Å²) >= 11 is 0. The minimum absolute atomic E-state index is 0.0868. The molecular weight excluding hydrogens is 414 g/mol. The Morgan fingerprint density at radius 2 is 1.66 bits per heavy atom. The standard InChI is InChI=1S/C24H24F2N4O2/c25-20-11-10-19(12-21(20)26)29-24(32)22-14-30(15-27-22)13-16-6-8-18(9-7-16)28-23(31)17-4-2-1-3-5-17/h6-12,14-15,17H,1-5,13H2,(H,28,31)(H,29,32). The Kier molecular flexibility index (Phi) is 6.58. The monoisotopic (exact) mass is 438 g/mol. The summed E-state index contributed by atoms with van der Waals surface area (Å²) in [6.07, 6.45) is 8.45. The zero-order chi connectivity index (χ0) is 22.5. The molecule has 1 aliphatic carbocycles. The van der Waals surface area contributed by atoms with Crippen LogP contribution in [0.25, 0.3) is 0 Å². The number of rotatable bonds is 6. The maximum Gasteiger partial charge on any atom is 0.275 e. The van der Waals surface area contributed by atoms with Crippen LogP contribution in [-0.2, 0) is 11.3 Å². The van der Waals surface area contributed by atoms with Crippen LogP contribution in [0.2, 0.25) is 0 Å². The first-order chi connectivity index (χ1) is 15.5. The summed E-state index contributed by atoms with van der Waals surface area (Å²) in [7, 11) is 0. The largest absolute Gasteiger partial charge is 0.332 e. The van der Waals surface area contributed by atoms with Crippen LogP contribution in [-0.4, -0.2) is 21.4 Å². The number of benzene rings is 2. The molecule has 1 aromatic heterocycles. The van der Waals surface area contributed by atoms with Crippen molar-refractivity contribution in [1.82, 2.24) is 9.55 Å². The number of anilines is 2. The molecule has 4 rings (SSSR count). The van der Waals surface area contributed by atoms with Crippen LogP contribution in [0.15, 0.2) is 55.0 Å². The molecule has 2 amide bonds. The van der Waals surface area contributed by atoms with Crippen LogP contribution in [0.4, 0.5) is 20.2 Å². The minimum atomic E-state index is -1.04. The normalized spacial score (nSPS) is 14.2. The van der Waals surface area contributed by atoms with E-state index >= 15 is 0 Å².